The number of tetrazole rings is 1. The zero-order valence-electron chi connectivity index (χ0n) is 8.80. The maximum absolute atomic E-state index is 11.2. The van der Waals surface area contributed by atoms with Crippen molar-refractivity contribution in [3.8, 4) is 0 Å². The number of carbonyl (C=O) groups is 1. The normalized spacial score (nSPS) is 8.93. The molecule has 1 aromatic rings. The highest BCUT2D eigenvalue weighted by Gasteiger charge is 2.07. The summed E-state index contributed by atoms with van der Waals surface area (Å²) >= 11 is 3.53. The molecule has 0 saturated heterocycles. The summed E-state index contributed by atoms with van der Waals surface area (Å²) in [5.74, 6) is 0.621. The van der Waals surface area contributed by atoms with E-state index in [9.17, 15) is 4.79 Å². The summed E-state index contributed by atoms with van der Waals surface area (Å²) in [7, 11) is 3.39. The smallest absolute Gasteiger partial charge is 0.243 e. The average molecular weight is 217 g/mol. The monoisotopic (exact) mass is 217 g/mol. The van der Waals surface area contributed by atoms with Crippen LogP contribution in [0.15, 0.2) is 0 Å². The molecule has 0 radical (unpaired) electrons. The van der Waals surface area contributed by atoms with E-state index < -0.39 is 0 Å². The summed E-state index contributed by atoms with van der Waals surface area (Å²) in [5.41, 5.74) is 0. The summed E-state index contributed by atoms with van der Waals surface area (Å²) in [5, 5.41) is 10.7. The number of aromatic nitrogens is 4. The van der Waals surface area contributed by atoms with E-state index in [4.69, 9.17) is 0 Å². The van der Waals surface area contributed by atoms with Gasteiger partial charge < -0.3 is 4.90 Å². The number of thiol groups is 1. The molecule has 0 saturated carbocycles. The highest BCUT2D eigenvalue weighted by molar-refractivity contribution is 7.79. The minimum absolute atomic E-state index is 0.0228. The van der Waals surface area contributed by atoms with E-state index in [1.54, 1.807) is 27.3 Å². The second-order valence-electron chi connectivity index (χ2n) is 2.67. The Morgan fingerprint density at radius 3 is 2.43 bits per heavy atom. The Balaban J connectivity index is 0.000000791. The minimum Gasteiger partial charge on any atom is -0.347 e. The van der Waals surface area contributed by atoms with Crippen LogP contribution in [0.2, 0.25) is 0 Å². The van der Waals surface area contributed by atoms with E-state index in [2.05, 4.69) is 28.2 Å². The van der Waals surface area contributed by atoms with E-state index in [-0.39, 0.29) is 12.5 Å². The van der Waals surface area contributed by atoms with Crippen molar-refractivity contribution >= 4 is 18.5 Å². The first-order valence-corrected chi connectivity index (χ1v) is 4.88. The fourth-order valence-corrected chi connectivity index (χ4v) is 0.665. The highest BCUT2D eigenvalue weighted by Crippen LogP contribution is 1.90. The van der Waals surface area contributed by atoms with Crippen LogP contribution in [0, 0.1) is 6.92 Å². The van der Waals surface area contributed by atoms with Crippen molar-refractivity contribution in [2.75, 3.05) is 20.4 Å². The summed E-state index contributed by atoms with van der Waals surface area (Å²) < 4.78 is 1.46. The van der Waals surface area contributed by atoms with Gasteiger partial charge in [-0.2, -0.15) is 12.6 Å². The zero-order chi connectivity index (χ0) is 11.1. The maximum Gasteiger partial charge on any atom is 0.243 e. The molecule has 1 aromatic heterocycles. The van der Waals surface area contributed by atoms with Gasteiger partial charge >= 0.3 is 0 Å². The van der Waals surface area contributed by atoms with Gasteiger partial charge in [0.25, 0.3) is 0 Å². The standard InChI is InChI=1S/C6H11N5O.CH4S/c1-5-7-8-9-11(5)4-6(12)10(2)3;1-2/h4H2,1-3H3;2H,1H3. The fourth-order valence-electron chi connectivity index (χ4n) is 0.665. The maximum atomic E-state index is 11.2. The molecule has 1 heterocycles. The summed E-state index contributed by atoms with van der Waals surface area (Å²) in [6, 6.07) is 0. The molecule has 0 N–H and O–H groups in total. The third-order valence-corrected chi connectivity index (χ3v) is 1.49. The van der Waals surface area contributed by atoms with Crippen LogP contribution in [0.5, 0.6) is 0 Å². The molecule has 14 heavy (non-hydrogen) atoms. The van der Waals surface area contributed by atoms with Crippen LogP contribution < -0.4 is 0 Å². The van der Waals surface area contributed by atoms with Gasteiger partial charge in [0.05, 0.1) is 0 Å². The molecule has 0 spiro atoms. The van der Waals surface area contributed by atoms with Gasteiger partial charge in [-0.15, -0.1) is 5.10 Å². The topological polar surface area (TPSA) is 63.9 Å². The lowest BCUT2D eigenvalue weighted by Gasteiger charge is -2.09. The second-order valence-corrected chi connectivity index (χ2v) is 2.67. The molecule has 80 valence electrons. The Morgan fingerprint density at radius 2 is 2.07 bits per heavy atom. The van der Waals surface area contributed by atoms with Crippen LogP contribution in [0.3, 0.4) is 0 Å². The Labute approximate surface area is 88.7 Å². The lowest BCUT2D eigenvalue weighted by atomic mass is 10.5. The van der Waals surface area contributed by atoms with Crippen molar-refractivity contribution in [3.63, 3.8) is 0 Å². The first-order valence-electron chi connectivity index (χ1n) is 3.99. The van der Waals surface area contributed by atoms with Crippen LogP contribution in [0.1, 0.15) is 5.82 Å². The molecule has 0 unspecified atom stereocenters. The molecule has 7 heteroatoms. The number of nitrogens with zero attached hydrogens (tertiary/aromatic N) is 5. The first-order chi connectivity index (χ1) is 6.61. The largest absolute Gasteiger partial charge is 0.347 e. The number of aryl methyl sites for hydroxylation is 1. The van der Waals surface area contributed by atoms with Gasteiger partial charge in [-0.3, -0.25) is 4.79 Å². The molecule has 0 fully saturated rings. The summed E-state index contributed by atoms with van der Waals surface area (Å²) in [6.45, 7) is 1.95. The number of rotatable bonds is 2. The van der Waals surface area contributed by atoms with Crippen LogP contribution in [0.4, 0.5) is 0 Å². The van der Waals surface area contributed by atoms with Gasteiger partial charge in [-0.05, 0) is 23.6 Å². The first kappa shape index (κ1) is 12.9. The second kappa shape index (κ2) is 6.36. The zero-order valence-corrected chi connectivity index (χ0v) is 9.69. The Kier molecular flexibility index (Phi) is 5.86. The number of hydrogen-bond donors (Lipinski definition) is 1. The SMILES string of the molecule is CS.Cc1nnnn1CC(=O)N(C)C. The summed E-state index contributed by atoms with van der Waals surface area (Å²) in [6.07, 6.45) is 1.69. The van der Waals surface area contributed by atoms with Gasteiger partial charge in [-0.25, -0.2) is 4.68 Å². The van der Waals surface area contributed by atoms with Crippen LogP contribution in [-0.2, 0) is 11.3 Å². The predicted octanol–water partition coefficient (Wildman–Crippen LogP) is -0.384. The van der Waals surface area contributed by atoms with E-state index >= 15 is 0 Å². The van der Waals surface area contributed by atoms with Gasteiger partial charge in [0.15, 0.2) is 0 Å². The minimum atomic E-state index is -0.0228. The van der Waals surface area contributed by atoms with Gasteiger partial charge in [0.2, 0.25) is 5.91 Å². The van der Waals surface area contributed by atoms with Gasteiger partial charge in [0, 0.05) is 14.1 Å². The molecule has 1 amide bonds. The quantitative estimate of drug-likeness (QED) is 0.686. The van der Waals surface area contributed by atoms with Gasteiger partial charge in [-0.1, -0.05) is 0 Å². The molecule has 0 aliphatic carbocycles. The van der Waals surface area contributed by atoms with Crippen molar-refractivity contribution in [3.05, 3.63) is 5.82 Å². The summed E-state index contributed by atoms with van der Waals surface area (Å²) in [4.78, 5) is 12.7. The van der Waals surface area contributed by atoms with Gasteiger partial charge in [0.1, 0.15) is 12.4 Å². The van der Waals surface area contributed by atoms with E-state index in [1.165, 1.54) is 9.58 Å². The van der Waals surface area contributed by atoms with Crippen molar-refractivity contribution in [2.45, 2.75) is 13.5 Å². The molecule has 0 bridgehead atoms. The third-order valence-electron chi connectivity index (χ3n) is 1.49. The molecular formula is C7H15N5OS. The number of amides is 1. The number of carbonyl (C=O) groups excluding carboxylic acids is 1. The lowest BCUT2D eigenvalue weighted by Crippen LogP contribution is -2.27. The molecule has 0 atom stereocenters. The fraction of sp³-hybridized carbons (Fsp3) is 0.714. The Morgan fingerprint density at radius 1 is 1.50 bits per heavy atom. The number of likely N-dealkylation sites (N-methyl/N-ethyl adjacent to an activating group) is 1. The highest BCUT2D eigenvalue weighted by atomic mass is 32.1. The molecular weight excluding hydrogens is 202 g/mol. The molecule has 0 aliphatic rings. The van der Waals surface area contributed by atoms with Crippen molar-refractivity contribution in [2.24, 2.45) is 0 Å². The van der Waals surface area contributed by atoms with E-state index in [1.807, 2.05) is 0 Å². The predicted molar refractivity (Wildman–Crippen MR) is 56.2 cm³/mol. The molecule has 0 aromatic carbocycles. The molecule has 6 nitrogen and oxygen atoms in total. The van der Waals surface area contributed by atoms with E-state index in [0.717, 1.165) is 0 Å². The van der Waals surface area contributed by atoms with Crippen molar-refractivity contribution in [1.82, 2.24) is 25.1 Å². The van der Waals surface area contributed by atoms with Crippen LogP contribution in [-0.4, -0.2) is 51.4 Å². The lowest BCUT2D eigenvalue weighted by molar-refractivity contribution is -0.129. The van der Waals surface area contributed by atoms with Crippen molar-refractivity contribution in [1.29, 1.82) is 0 Å². The Hall–Kier alpha value is -1.11. The van der Waals surface area contributed by atoms with Crippen LogP contribution >= 0.6 is 12.6 Å². The average Bonchev–Trinajstić information content (AvgIpc) is 2.55. The van der Waals surface area contributed by atoms with Crippen LogP contribution in [0.25, 0.3) is 0 Å². The Bertz CT molecular complexity index is 285. The van der Waals surface area contributed by atoms with E-state index in [0.29, 0.717) is 5.82 Å². The molecule has 0 aliphatic heterocycles. The third kappa shape index (κ3) is 3.73. The molecule has 1 rings (SSSR count). The van der Waals surface area contributed by atoms with Crippen molar-refractivity contribution < 1.29 is 4.79 Å². The number of hydrogen-bond acceptors (Lipinski definition) is 5.